The topological polar surface area (TPSA) is 70.3 Å². The number of carboxylic acids is 1. The number of ether oxygens (including phenoxy) is 1. The van der Waals surface area contributed by atoms with E-state index in [0.717, 1.165) is 11.1 Å². The summed E-state index contributed by atoms with van der Waals surface area (Å²) in [4.78, 5) is 11.0. The zero-order valence-electron chi connectivity index (χ0n) is 15.1. The minimum absolute atomic E-state index is 0.219. The number of hydrogen-bond acceptors (Lipinski definition) is 3. The van der Waals surface area contributed by atoms with Crippen LogP contribution < -0.4 is 4.74 Å². The third-order valence-electron chi connectivity index (χ3n) is 4.11. The van der Waals surface area contributed by atoms with E-state index in [1.807, 2.05) is 12.1 Å². The van der Waals surface area contributed by atoms with Gasteiger partial charge in [0.2, 0.25) is 0 Å². The van der Waals surface area contributed by atoms with E-state index >= 15 is 0 Å². The van der Waals surface area contributed by atoms with E-state index < -0.39 is 5.97 Å². The molecule has 0 aromatic heterocycles. The molecule has 3 rings (SSSR count). The molecule has 0 aliphatic carbocycles. The second-order valence-corrected chi connectivity index (χ2v) is 7.00. The summed E-state index contributed by atoms with van der Waals surface area (Å²) >= 11 is 12.1. The first kappa shape index (κ1) is 20.5. The lowest BCUT2D eigenvalue weighted by Crippen LogP contribution is -2.00. The van der Waals surface area contributed by atoms with Gasteiger partial charge < -0.3 is 9.84 Å². The minimum Gasteiger partial charge on any atom is -0.489 e. The first-order chi connectivity index (χ1) is 14.0. The van der Waals surface area contributed by atoms with Crippen molar-refractivity contribution in [3.63, 3.8) is 0 Å². The minimum atomic E-state index is -0.975. The van der Waals surface area contributed by atoms with Crippen molar-refractivity contribution in [3.8, 4) is 11.8 Å². The van der Waals surface area contributed by atoms with Gasteiger partial charge in [-0.2, -0.15) is 5.26 Å². The van der Waals surface area contributed by atoms with E-state index in [0.29, 0.717) is 26.9 Å². The summed E-state index contributed by atoms with van der Waals surface area (Å²) in [5.74, 6) is -0.344. The van der Waals surface area contributed by atoms with E-state index in [2.05, 4.69) is 6.07 Å². The third kappa shape index (κ3) is 5.39. The van der Waals surface area contributed by atoms with Crippen LogP contribution in [-0.4, -0.2) is 11.1 Å². The molecule has 1 N–H and O–H groups in total. The Morgan fingerprint density at radius 3 is 2.48 bits per heavy atom. The molecule has 3 aromatic rings. The highest BCUT2D eigenvalue weighted by molar-refractivity contribution is 6.36. The maximum atomic E-state index is 11.0. The zero-order valence-corrected chi connectivity index (χ0v) is 16.6. The van der Waals surface area contributed by atoms with Crippen molar-refractivity contribution in [1.29, 1.82) is 5.26 Å². The van der Waals surface area contributed by atoms with Crippen LogP contribution in [0.3, 0.4) is 0 Å². The Balaban J connectivity index is 1.72. The van der Waals surface area contributed by atoms with E-state index in [4.69, 9.17) is 33.0 Å². The molecule has 6 heteroatoms. The summed E-state index contributed by atoms with van der Waals surface area (Å²) in [6.45, 7) is 0.250. The number of carbonyl (C=O) groups is 1. The highest BCUT2D eigenvalue weighted by Crippen LogP contribution is 2.28. The zero-order chi connectivity index (χ0) is 20.8. The lowest BCUT2D eigenvalue weighted by Gasteiger charge is -2.08. The number of rotatable bonds is 6. The van der Waals surface area contributed by atoms with Crippen LogP contribution in [0.15, 0.2) is 66.7 Å². The second kappa shape index (κ2) is 9.29. The van der Waals surface area contributed by atoms with Crippen LogP contribution >= 0.6 is 23.2 Å². The first-order valence-electron chi connectivity index (χ1n) is 8.58. The number of benzene rings is 3. The van der Waals surface area contributed by atoms with Crippen molar-refractivity contribution in [2.24, 2.45) is 0 Å². The Morgan fingerprint density at radius 2 is 1.83 bits per heavy atom. The van der Waals surface area contributed by atoms with Crippen molar-refractivity contribution in [3.05, 3.63) is 99.0 Å². The smallest absolute Gasteiger partial charge is 0.335 e. The van der Waals surface area contributed by atoms with Crippen LogP contribution in [0.4, 0.5) is 0 Å². The molecule has 144 valence electrons. The Hall–Kier alpha value is -3.26. The number of aromatic carboxylic acids is 1. The van der Waals surface area contributed by atoms with E-state index in [9.17, 15) is 10.1 Å². The van der Waals surface area contributed by atoms with Gasteiger partial charge in [0, 0.05) is 10.6 Å². The van der Waals surface area contributed by atoms with Gasteiger partial charge in [0.15, 0.2) is 0 Å². The summed E-state index contributed by atoms with van der Waals surface area (Å²) in [5.41, 5.74) is 2.82. The first-order valence-corrected chi connectivity index (χ1v) is 9.34. The summed E-state index contributed by atoms with van der Waals surface area (Å²) in [5, 5.41) is 19.4. The normalized spacial score (nSPS) is 11.0. The fourth-order valence-corrected chi connectivity index (χ4v) is 3.18. The second-order valence-electron chi connectivity index (χ2n) is 6.16. The molecule has 0 saturated carbocycles. The van der Waals surface area contributed by atoms with Gasteiger partial charge in [0.25, 0.3) is 0 Å². The third-order valence-corrected chi connectivity index (χ3v) is 4.66. The number of halogens is 2. The summed E-state index contributed by atoms with van der Waals surface area (Å²) in [6, 6.07) is 21.0. The predicted octanol–water partition coefficient (Wildman–Crippen LogP) is 6.33. The average Bonchev–Trinajstić information content (AvgIpc) is 2.72. The van der Waals surface area contributed by atoms with Crippen molar-refractivity contribution < 1.29 is 14.6 Å². The van der Waals surface area contributed by atoms with Gasteiger partial charge in [-0.1, -0.05) is 53.5 Å². The molecule has 0 spiro atoms. The van der Waals surface area contributed by atoms with E-state index in [1.54, 1.807) is 54.6 Å². The van der Waals surface area contributed by atoms with Gasteiger partial charge in [-0.25, -0.2) is 4.79 Å². The molecule has 0 aliphatic heterocycles. The van der Waals surface area contributed by atoms with Crippen LogP contribution in [-0.2, 0) is 6.61 Å². The molecule has 3 aromatic carbocycles. The molecule has 0 fully saturated rings. The molecule has 4 nitrogen and oxygen atoms in total. The monoisotopic (exact) mass is 423 g/mol. The van der Waals surface area contributed by atoms with Crippen LogP contribution in [0.2, 0.25) is 10.0 Å². The van der Waals surface area contributed by atoms with Crippen molar-refractivity contribution in [1.82, 2.24) is 0 Å². The van der Waals surface area contributed by atoms with Crippen molar-refractivity contribution in [2.75, 3.05) is 0 Å². The lowest BCUT2D eigenvalue weighted by atomic mass is 10.0. The fraction of sp³-hybridized carbons (Fsp3) is 0.0435. The van der Waals surface area contributed by atoms with E-state index in [1.165, 1.54) is 6.07 Å². The quantitative estimate of drug-likeness (QED) is 0.371. The van der Waals surface area contributed by atoms with Gasteiger partial charge in [-0.15, -0.1) is 0 Å². The molecule has 0 bridgehead atoms. The summed E-state index contributed by atoms with van der Waals surface area (Å²) in [7, 11) is 0. The number of allylic oxidation sites excluding steroid dienone is 1. The van der Waals surface area contributed by atoms with Gasteiger partial charge in [-0.3, -0.25) is 0 Å². The molecule has 29 heavy (non-hydrogen) atoms. The Bertz CT molecular complexity index is 1120. The number of hydrogen-bond donors (Lipinski definition) is 1. The van der Waals surface area contributed by atoms with E-state index in [-0.39, 0.29) is 12.2 Å². The maximum absolute atomic E-state index is 11.0. The molecule has 0 amide bonds. The van der Waals surface area contributed by atoms with Gasteiger partial charge >= 0.3 is 5.97 Å². The average molecular weight is 424 g/mol. The maximum Gasteiger partial charge on any atom is 0.335 e. The number of nitrogens with zero attached hydrogens (tertiary/aromatic N) is 1. The SMILES string of the molecule is N#C/C(=C/c1ccc(OCc2cccc(C(=O)O)c2)cc1)c1ccc(Cl)cc1Cl. The standard InChI is InChI=1S/C23H15Cl2NO3/c24-19-6-9-21(22(25)12-19)18(13-26)10-15-4-7-20(8-5-15)29-14-16-2-1-3-17(11-16)23(27)28/h1-12H,14H2,(H,27,28)/b18-10-. The van der Waals surface area contributed by atoms with Crippen molar-refractivity contribution in [2.45, 2.75) is 6.61 Å². The summed E-state index contributed by atoms with van der Waals surface area (Å²) in [6.07, 6.45) is 1.73. The highest BCUT2D eigenvalue weighted by atomic mass is 35.5. The Morgan fingerprint density at radius 1 is 1.07 bits per heavy atom. The Labute approximate surface area is 178 Å². The molecular weight excluding hydrogens is 409 g/mol. The molecule has 0 saturated heterocycles. The van der Waals surface area contributed by atoms with Crippen LogP contribution in [0.25, 0.3) is 11.6 Å². The van der Waals surface area contributed by atoms with Crippen molar-refractivity contribution >= 4 is 40.8 Å². The van der Waals surface area contributed by atoms with Crippen LogP contribution in [0, 0.1) is 11.3 Å². The molecule has 0 atom stereocenters. The largest absolute Gasteiger partial charge is 0.489 e. The Kier molecular flexibility index (Phi) is 6.56. The lowest BCUT2D eigenvalue weighted by molar-refractivity contribution is 0.0696. The highest BCUT2D eigenvalue weighted by Gasteiger charge is 2.08. The molecule has 0 aliphatic rings. The molecule has 0 radical (unpaired) electrons. The summed E-state index contributed by atoms with van der Waals surface area (Å²) < 4.78 is 5.72. The molecule has 0 unspecified atom stereocenters. The molecular formula is C23H15Cl2NO3. The van der Waals surface area contributed by atoms with Crippen LogP contribution in [0.1, 0.15) is 27.0 Å². The van der Waals surface area contributed by atoms with Gasteiger partial charge in [0.1, 0.15) is 12.4 Å². The van der Waals surface area contributed by atoms with Crippen LogP contribution in [0.5, 0.6) is 5.75 Å². The number of carboxylic acid groups (broad SMARTS) is 1. The van der Waals surface area contributed by atoms with Gasteiger partial charge in [-0.05, 0) is 53.6 Å². The van der Waals surface area contributed by atoms with Gasteiger partial charge in [0.05, 0.1) is 22.2 Å². The molecule has 0 heterocycles. The fourth-order valence-electron chi connectivity index (χ4n) is 2.67. The number of nitriles is 1. The predicted molar refractivity (Wildman–Crippen MR) is 114 cm³/mol.